The van der Waals surface area contributed by atoms with Crippen molar-refractivity contribution in [3.63, 3.8) is 0 Å². The van der Waals surface area contributed by atoms with Crippen LogP contribution >= 0.6 is 11.8 Å². The Morgan fingerprint density at radius 1 is 1.03 bits per heavy atom. The second kappa shape index (κ2) is 8.91. The van der Waals surface area contributed by atoms with Crippen LogP contribution in [0.4, 0.5) is 0 Å². The second-order valence-corrected chi connectivity index (χ2v) is 11.0. The van der Waals surface area contributed by atoms with Crippen molar-refractivity contribution < 1.29 is 12.8 Å². The average molecular weight is 467 g/mol. The summed E-state index contributed by atoms with van der Waals surface area (Å²) >= 11 is 1.46. The molecule has 4 aromatic rings. The molecule has 0 bridgehead atoms. The van der Waals surface area contributed by atoms with E-state index in [0.29, 0.717) is 29.7 Å². The molecule has 5 rings (SSSR count). The van der Waals surface area contributed by atoms with E-state index in [1.807, 2.05) is 71.5 Å². The highest BCUT2D eigenvalue weighted by Gasteiger charge is 2.29. The molecule has 1 aliphatic rings. The predicted octanol–water partition coefficient (Wildman–Crippen LogP) is 4.19. The van der Waals surface area contributed by atoms with Crippen LogP contribution in [0.5, 0.6) is 0 Å². The fourth-order valence-electron chi connectivity index (χ4n) is 3.87. The molecule has 1 saturated heterocycles. The van der Waals surface area contributed by atoms with Crippen LogP contribution in [0.15, 0.2) is 76.5 Å². The van der Waals surface area contributed by atoms with Gasteiger partial charge in [-0.3, -0.25) is 0 Å². The van der Waals surface area contributed by atoms with Gasteiger partial charge in [0.25, 0.3) is 5.22 Å². The van der Waals surface area contributed by atoms with Crippen molar-refractivity contribution in [2.45, 2.75) is 23.8 Å². The first-order valence-electron chi connectivity index (χ1n) is 10.4. The maximum absolute atomic E-state index is 11.7. The van der Waals surface area contributed by atoms with Gasteiger partial charge < -0.3 is 4.42 Å². The number of hydrogen-bond acceptors (Lipinski definition) is 7. The molecule has 0 amide bonds. The van der Waals surface area contributed by atoms with Crippen LogP contribution in [0.1, 0.15) is 17.9 Å². The van der Waals surface area contributed by atoms with Crippen molar-refractivity contribution in [1.82, 2.24) is 20.0 Å². The molecule has 164 valence electrons. The smallest absolute Gasteiger partial charge is 0.276 e. The van der Waals surface area contributed by atoms with Crippen molar-refractivity contribution in [3.8, 4) is 16.9 Å². The maximum atomic E-state index is 11.7. The number of sulfone groups is 1. The topological polar surface area (TPSA) is 90.9 Å². The number of benzene rings is 2. The molecule has 0 radical (unpaired) electrons. The monoisotopic (exact) mass is 466 g/mol. The molecule has 1 aliphatic heterocycles. The molecule has 0 saturated carbocycles. The van der Waals surface area contributed by atoms with Crippen LogP contribution < -0.4 is 0 Å². The molecule has 1 fully saturated rings. The van der Waals surface area contributed by atoms with Crippen LogP contribution in [-0.2, 0) is 22.0 Å². The summed E-state index contributed by atoms with van der Waals surface area (Å²) in [7, 11) is -2.91. The van der Waals surface area contributed by atoms with E-state index < -0.39 is 9.84 Å². The van der Waals surface area contributed by atoms with E-state index in [1.54, 1.807) is 0 Å². The minimum atomic E-state index is -2.91. The molecular weight excluding hydrogens is 444 g/mol. The van der Waals surface area contributed by atoms with Crippen molar-refractivity contribution in [2.75, 3.05) is 11.5 Å². The minimum absolute atomic E-state index is 0.0621. The number of aromatic nitrogens is 4. The van der Waals surface area contributed by atoms with Gasteiger partial charge in [-0.2, -0.15) is 5.10 Å². The predicted molar refractivity (Wildman–Crippen MR) is 123 cm³/mol. The van der Waals surface area contributed by atoms with Gasteiger partial charge in [0.1, 0.15) is 0 Å². The van der Waals surface area contributed by atoms with Crippen molar-refractivity contribution >= 4 is 21.6 Å². The van der Waals surface area contributed by atoms with E-state index in [9.17, 15) is 8.42 Å². The molecule has 3 heterocycles. The Hall–Kier alpha value is -2.91. The van der Waals surface area contributed by atoms with Gasteiger partial charge in [-0.15, -0.1) is 10.2 Å². The molecular formula is C23H22N4O3S2. The van der Waals surface area contributed by atoms with E-state index in [1.165, 1.54) is 11.8 Å². The molecule has 2 aromatic carbocycles. The highest BCUT2D eigenvalue weighted by molar-refractivity contribution is 7.98. The van der Waals surface area contributed by atoms with Gasteiger partial charge in [-0.1, -0.05) is 60.3 Å². The SMILES string of the molecule is O=S1(=O)CC[C@H](Cc2nnc(SCc3cn(-c4ccccc4)nc3-c3ccccc3)o2)C1. The lowest BCUT2D eigenvalue weighted by molar-refractivity contribution is 0.389. The molecule has 9 heteroatoms. The largest absolute Gasteiger partial charge is 0.416 e. The molecule has 0 spiro atoms. The standard InChI is InChI=1S/C23H22N4O3S2/c28-32(29)12-11-17(16-32)13-21-24-25-23(30-21)31-15-19-14-27(20-9-5-2-6-10-20)26-22(19)18-7-3-1-4-8-18/h1-10,14,17H,11-13,15-16H2/t17-/m1/s1. The number of para-hydroxylation sites is 1. The third-order valence-electron chi connectivity index (χ3n) is 5.45. The third-order valence-corrected chi connectivity index (χ3v) is 8.15. The van der Waals surface area contributed by atoms with E-state index in [2.05, 4.69) is 10.2 Å². The summed E-state index contributed by atoms with van der Waals surface area (Å²) in [5.41, 5.74) is 4.02. The maximum Gasteiger partial charge on any atom is 0.276 e. The van der Waals surface area contributed by atoms with Gasteiger partial charge in [-0.25, -0.2) is 13.1 Å². The first-order chi connectivity index (χ1) is 15.6. The minimum Gasteiger partial charge on any atom is -0.416 e. The van der Waals surface area contributed by atoms with Crippen molar-refractivity contribution in [3.05, 3.63) is 78.3 Å². The number of hydrogen-bond donors (Lipinski definition) is 0. The summed E-state index contributed by atoms with van der Waals surface area (Å²) in [5, 5.41) is 13.6. The van der Waals surface area contributed by atoms with Gasteiger partial charge in [0.15, 0.2) is 9.84 Å². The lowest BCUT2D eigenvalue weighted by Gasteiger charge is -2.02. The summed E-state index contributed by atoms with van der Waals surface area (Å²) in [4.78, 5) is 0. The van der Waals surface area contributed by atoms with Crippen LogP contribution in [-0.4, -0.2) is 39.9 Å². The molecule has 2 aromatic heterocycles. The van der Waals surface area contributed by atoms with E-state index in [-0.39, 0.29) is 17.4 Å². The summed E-state index contributed by atoms with van der Waals surface area (Å²) in [6.07, 6.45) is 3.20. The Morgan fingerprint density at radius 2 is 1.78 bits per heavy atom. The van der Waals surface area contributed by atoms with E-state index in [0.717, 1.165) is 22.5 Å². The van der Waals surface area contributed by atoms with Crippen LogP contribution in [0.25, 0.3) is 16.9 Å². The normalized spacial score (nSPS) is 17.6. The molecule has 0 unspecified atom stereocenters. The number of thioether (sulfide) groups is 1. The van der Waals surface area contributed by atoms with E-state index in [4.69, 9.17) is 9.52 Å². The first-order valence-corrected chi connectivity index (χ1v) is 13.2. The second-order valence-electron chi connectivity index (χ2n) is 7.87. The van der Waals surface area contributed by atoms with Gasteiger partial charge in [0.05, 0.1) is 22.9 Å². The fourth-order valence-corrected chi connectivity index (χ4v) is 6.47. The fraction of sp³-hybridized carbons (Fsp3) is 0.261. The number of nitrogens with zero attached hydrogens (tertiary/aromatic N) is 4. The average Bonchev–Trinajstić information content (AvgIpc) is 3.52. The summed E-state index contributed by atoms with van der Waals surface area (Å²) in [5.74, 6) is 1.64. The molecule has 0 aliphatic carbocycles. The molecule has 32 heavy (non-hydrogen) atoms. The van der Waals surface area contributed by atoms with Crippen LogP contribution in [0, 0.1) is 5.92 Å². The lowest BCUT2D eigenvalue weighted by atomic mass is 10.1. The molecule has 7 nitrogen and oxygen atoms in total. The van der Waals surface area contributed by atoms with E-state index >= 15 is 0 Å². The van der Waals surface area contributed by atoms with Gasteiger partial charge >= 0.3 is 0 Å². The zero-order chi connectivity index (χ0) is 22.0. The van der Waals surface area contributed by atoms with Crippen LogP contribution in [0.2, 0.25) is 0 Å². The van der Waals surface area contributed by atoms with Crippen molar-refractivity contribution in [2.24, 2.45) is 5.92 Å². The zero-order valence-electron chi connectivity index (χ0n) is 17.3. The molecule has 0 N–H and O–H groups in total. The first kappa shape index (κ1) is 21.0. The quantitative estimate of drug-likeness (QED) is 0.377. The Bertz CT molecular complexity index is 1300. The summed E-state index contributed by atoms with van der Waals surface area (Å²) < 4.78 is 31.0. The van der Waals surface area contributed by atoms with Crippen LogP contribution in [0.3, 0.4) is 0 Å². The zero-order valence-corrected chi connectivity index (χ0v) is 18.9. The summed E-state index contributed by atoms with van der Waals surface area (Å²) in [6.45, 7) is 0. The van der Waals surface area contributed by atoms with Crippen molar-refractivity contribution in [1.29, 1.82) is 0 Å². The van der Waals surface area contributed by atoms with Gasteiger partial charge in [-0.05, 0) is 24.5 Å². The van der Waals surface area contributed by atoms with Gasteiger partial charge in [0, 0.05) is 29.5 Å². The Morgan fingerprint density at radius 3 is 2.50 bits per heavy atom. The number of rotatable bonds is 7. The van der Waals surface area contributed by atoms with Gasteiger partial charge in [0.2, 0.25) is 5.89 Å². The third kappa shape index (κ3) is 4.78. The molecule has 1 atom stereocenters. The Balaban J connectivity index is 1.33. The Kier molecular flexibility index (Phi) is 5.84. The highest BCUT2D eigenvalue weighted by Crippen LogP contribution is 2.30. The Labute approximate surface area is 190 Å². The lowest BCUT2D eigenvalue weighted by Crippen LogP contribution is -2.07. The highest BCUT2D eigenvalue weighted by atomic mass is 32.2. The summed E-state index contributed by atoms with van der Waals surface area (Å²) in [6, 6.07) is 20.1.